The third kappa shape index (κ3) is 3.64. The average Bonchev–Trinajstić information content (AvgIpc) is 2.55. The van der Waals surface area contributed by atoms with Gasteiger partial charge in [-0.25, -0.2) is 0 Å². The Morgan fingerprint density at radius 3 is 2.08 bits per heavy atom. The van der Waals surface area contributed by atoms with E-state index in [0.717, 1.165) is 18.2 Å². The van der Waals surface area contributed by atoms with Crippen LogP contribution in [-0.4, -0.2) is 25.8 Å². The van der Waals surface area contributed by atoms with Gasteiger partial charge in [0.2, 0.25) is 5.75 Å². The van der Waals surface area contributed by atoms with E-state index in [1.165, 1.54) is 0 Å². The molecule has 0 aliphatic heterocycles. The van der Waals surface area contributed by atoms with Gasteiger partial charge >= 0.3 is 5.69 Å². The molecule has 2 rings (SSSR count). The maximum atomic E-state index is 12.2. The van der Waals surface area contributed by atoms with Crippen molar-refractivity contribution in [3.63, 3.8) is 0 Å². The number of benzene rings is 2. The van der Waals surface area contributed by atoms with Crippen molar-refractivity contribution in [1.82, 2.24) is 0 Å². The predicted molar refractivity (Wildman–Crippen MR) is 87.5 cm³/mol. The summed E-state index contributed by atoms with van der Waals surface area (Å²) < 4.78 is 0. The minimum Gasteiger partial charge on any atom is -0.502 e. The lowest BCUT2D eigenvalue weighted by atomic mass is 10.1. The minimum absolute atomic E-state index is 0.101. The van der Waals surface area contributed by atoms with Crippen LogP contribution in [0.25, 0.3) is 0 Å². The Morgan fingerprint density at radius 1 is 0.962 bits per heavy atom. The molecule has 134 valence electrons. The second-order valence-corrected chi connectivity index (χ2v) is 5.16. The topological polar surface area (TPSA) is 179 Å². The summed E-state index contributed by atoms with van der Waals surface area (Å²) in [5.74, 6) is -2.21. The van der Waals surface area contributed by atoms with E-state index >= 15 is 0 Å². The highest BCUT2D eigenvalue weighted by atomic mass is 35.5. The largest absolute Gasteiger partial charge is 0.502 e. The number of nitrogens with zero attached hydrogens (tertiary/aromatic N) is 3. The Labute approximate surface area is 148 Å². The fourth-order valence-electron chi connectivity index (χ4n) is 1.93. The number of carbonyl (C=O) groups excluding carboxylic acids is 1. The van der Waals surface area contributed by atoms with Crippen molar-refractivity contribution >= 4 is 40.3 Å². The van der Waals surface area contributed by atoms with Gasteiger partial charge in [-0.15, -0.1) is 0 Å². The number of aromatic hydroxyl groups is 1. The number of nitro groups is 3. The molecule has 0 radical (unpaired) electrons. The van der Waals surface area contributed by atoms with Crippen molar-refractivity contribution in [3.8, 4) is 5.75 Å². The van der Waals surface area contributed by atoms with Gasteiger partial charge in [-0.05, 0) is 6.07 Å². The molecule has 0 fully saturated rings. The molecular weight excluding hydrogens is 376 g/mol. The number of phenols is 1. The number of non-ortho nitro benzene ring substituents is 2. The number of nitrogens with one attached hydrogen (secondary N) is 1. The van der Waals surface area contributed by atoms with E-state index in [2.05, 4.69) is 5.32 Å². The van der Waals surface area contributed by atoms with Crippen molar-refractivity contribution in [1.29, 1.82) is 0 Å². The van der Waals surface area contributed by atoms with Gasteiger partial charge in [-0.2, -0.15) is 0 Å². The van der Waals surface area contributed by atoms with Crippen LogP contribution >= 0.6 is 11.6 Å². The van der Waals surface area contributed by atoms with Crippen LogP contribution in [0, 0.1) is 30.3 Å². The third-order valence-corrected chi connectivity index (χ3v) is 3.45. The summed E-state index contributed by atoms with van der Waals surface area (Å²) in [5, 5.41) is 44.2. The SMILES string of the molecule is O=C(Nc1ccc([N+](=O)[O-])cc1Cl)c1cc([N+](=O)[O-])cc([N+](=O)[O-])c1O. The number of rotatable bonds is 5. The molecule has 0 aromatic heterocycles. The van der Waals surface area contributed by atoms with Gasteiger partial charge in [0.15, 0.2) is 0 Å². The lowest BCUT2D eigenvalue weighted by molar-refractivity contribution is -0.394. The monoisotopic (exact) mass is 382 g/mol. The molecule has 2 aromatic rings. The fourth-order valence-corrected chi connectivity index (χ4v) is 2.15. The molecule has 0 heterocycles. The molecular formula is C13H7ClN4O8. The number of carbonyl (C=O) groups is 1. The zero-order valence-corrected chi connectivity index (χ0v) is 13.2. The number of halogens is 1. The van der Waals surface area contributed by atoms with Gasteiger partial charge in [0.25, 0.3) is 17.3 Å². The first kappa shape index (κ1) is 18.5. The highest BCUT2D eigenvalue weighted by molar-refractivity contribution is 6.34. The Bertz CT molecular complexity index is 961. The summed E-state index contributed by atoms with van der Waals surface area (Å²) >= 11 is 5.81. The van der Waals surface area contributed by atoms with E-state index in [1.54, 1.807) is 0 Å². The van der Waals surface area contributed by atoms with Crippen molar-refractivity contribution in [3.05, 3.63) is 71.3 Å². The summed E-state index contributed by atoms with van der Waals surface area (Å²) in [7, 11) is 0. The van der Waals surface area contributed by atoms with Crippen LogP contribution in [0.3, 0.4) is 0 Å². The summed E-state index contributed by atoms with van der Waals surface area (Å²) in [6.07, 6.45) is 0. The van der Waals surface area contributed by atoms with Crippen LogP contribution in [0.5, 0.6) is 5.75 Å². The van der Waals surface area contributed by atoms with Gasteiger partial charge in [0, 0.05) is 18.2 Å². The van der Waals surface area contributed by atoms with Crippen LogP contribution < -0.4 is 5.32 Å². The van der Waals surface area contributed by atoms with Gasteiger partial charge in [0.05, 0.1) is 37.1 Å². The molecule has 2 aromatic carbocycles. The minimum atomic E-state index is -1.13. The first-order chi connectivity index (χ1) is 12.1. The smallest absolute Gasteiger partial charge is 0.318 e. The quantitative estimate of drug-likeness (QED) is 0.584. The van der Waals surface area contributed by atoms with E-state index in [9.17, 15) is 40.2 Å². The summed E-state index contributed by atoms with van der Waals surface area (Å²) in [4.78, 5) is 41.9. The Morgan fingerprint density at radius 2 is 1.58 bits per heavy atom. The third-order valence-electron chi connectivity index (χ3n) is 3.14. The van der Waals surface area contributed by atoms with E-state index < -0.39 is 43.4 Å². The zero-order valence-electron chi connectivity index (χ0n) is 12.4. The Balaban J connectivity index is 2.45. The molecule has 0 aliphatic carbocycles. The Kier molecular flexibility index (Phi) is 4.98. The van der Waals surface area contributed by atoms with E-state index in [4.69, 9.17) is 11.6 Å². The molecule has 12 nitrogen and oxygen atoms in total. The molecule has 0 saturated carbocycles. The molecule has 1 amide bonds. The van der Waals surface area contributed by atoms with Crippen LogP contribution in [0.15, 0.2) is 30.3 Å². The van der Waals surface area contributed by atoms with Crippen LogP contribution in [-0.2, 0) is 0 Å². The van der Waals surface area contributed by atoms with Crippen molar-refractivity contribution < 1.29 is 24.7 Å². The van der Waals surface area contributed by atoms with Crippen LogP contribution in [0.4, 0.5) is 22.7 Å². The first-order valence-corrected chi connectivity index (χ1v) is 6.90. The van der Waals surface area contributed by atoms with Gasteiger partial charge in [-0.1, -0.05) is 11.6 Å². The molecule has 0 spiro atoms. The number of anilines is 1. The second-order valence-electron chi connectivity index (χ2n) is 4.75. The molecule has 0 atom stereocenters. The van der Waals surface area contributed by atoms with E-state index in [1.807, 2.05) is 0 Å². The molecule has 0 bridgehead atoms. The molecule has 13 heteroatoms. The van der Waals surface area contributed by atoms with Crippen molar-refractivity contribution in [2.24, 2.45) is 0 Å². The number of phenolic OH excluding ortho intramolecular Hbond substituents is 1. The Hall–Kier alpha value is -3.80. The standard InChI is InChI=1S/C13H7ClN4O8/c14-9-4-6(16(21)22)1-2-10(9)15-13(20)8-3-7(17(23)24)5-11(12(8)19)18(25)26/h1-5,19H,(H,15,20). The molecule has 2 N–H and O–H groups in total. The maximum Gasteiger partial charge on any atom is 0.318 e. The molecule has 0 unspecified atom stereocenters. The fraction of sp³-hybridized carbons (Fsp3) is 0. The lowest BCUT2D eigenvalue weighted by Gasteiger charge is -2.08. The molecule has 0 aliphatic rings. The van der Waals surface area contributed by atoms with Crippen molar-refractivity contribution in [2.75, 3.05) is 5.32 Å². The highest BCUT2D eigenvalue weighted by Crippen LogP contribution is 2.35. The highest BCUT2D eigenvalue weighted by Gasteiger charge is 2.27. The zero-order chi connectivity index (χ0) is 19.6. The molecule has 0 saturated heterocycles. The predicted octanol–water partition coefficient (Wildman–Crippen LogP) is 3.02. The number of nitro benzene ring substituents is 3. The second kappa shape index (κ2) is 6.98. The lowest BCUT2D eigenvalue weighted by Crippen LogP contribution is -2.13. The van der Waals surface area contributed by atoms with Crippen LogP contribution in [0.2, 0.25) is 5.02 Å². The summed E-state index contributed by atoms with van der Waals surface area (Å²) in [6.45, 7) is 0. The van der Waals surface area contributed by atoms with Gasteiger partial charge in [0.1, 0.15) is 0 Å². The van der Waals surface area contributed by atoms with Gasteiger partial charge < -0.3 is 10.4 Å². The normalized spacial score (nSPS) is 10.2. The van der Waals surface area contributed by atoms with E-state index in [0.29, 0.717) is 12.1 Å². The van der Waals surface area contributed by atoms with Crippen LogP contribution in [0.1, 0.15) is 10.4 Å². The first-order valence-electron chi connectivity index (χ1n) is 6.53. The molecule has 26 heavy (non-hydrogen) atoms. The van der Waals surface area contributed by atoms with E-state index in [-0.39, 0.29) is 16.4 Å². The van der Waals surface area contributed by atoms with Crippen molar-refractivity contribution in [2.45, 2.75) is 0 Å². The summed E-state index contributed by atoms with van der Waals surface area (Å²) in [6, 6.07) is 4.24. The number of amides is 1. The average molecular weight is 383 g/mol. The number of hydrogen-bond acceptors (Lipinski definition) is 8. The summed E-state index contributed by atoms with van der Waals surface area (Å²) in [5.41, 5.74) is -2.99. The number of hydrogen-bond donors (Lipinski definition) is 2. The maximum absolute atomic E-state index is 12.2. The van der Waals surface area contributed by atoms with Gasteiger partial charge in [-0.3, -0.25) is 35.1 Å².